The second-order valence-electron chi connectivity index (χ2n) is 6.39. The summed E-state index contributed by atoms with van der Waals surface area (Å²) in [6.07, 6.45) is 1.75. The van der Waals surface area contributed by atoms with Crippen molar-refractivity contribution in [2.24, 2.45) is 10.7 Å². The summed E-state index contributed by atoms with van der Waals surface area (Å²) >= 11 is 0. The Kier molecular flexibility index (Phi) is 3.82. The van der Waals surface area contributed by atoms with Crippen LogP contribution in [0.3, 0.4) is 0 Å². The van der Waals surface area contributed by atoms with Crippen LogP contribution in [0.5, 0.6) is 0 Å². The molecule has 2 aliphatic rings. The van der Waals surface area contributed by atoms with Gasteiger partial charge in [-0.2, -0.15) is 0 Å². The number of rotatable bonds is 1. The second-order valence-corrected chi connectivity index (χ2v) is 6.39. The lowest BCUT2D eigenvalue weighted by molar-refractivity contribution is -0.133. The summed E-state index contributed by atoms with van der Waals surface area (Å²) in [7, 11) is 1.70. The fourth-order valence-corrected chi connectivity index (χ4v) is 2.79. The maximum Gasteiger partial charge on any atom is 0.252 e. The molecule has 0 saturated carbocycles. The quantitative estimate of drug-likeness (QED) is 0.740. The SMILES string of the molecule is C=C1/C=C2\CC(OCC(=O)N2C)C(C)(N)C(C(C)(C)O)=N1. The Hall–Kier alpha value is -1.50. The topological polar surface area (TPSA) is 88.2 Å². The molecule has 0 aromatic carbocycles. The lowest BCUT2D eigenvalue weighted by Crippen LogP contribution is -2.62. The van der Waals surface area contributed by atoms with Crippen LogP contribution in [-0.4, -0.2) is 52.5 Å². The summed E-state index contributed by atoms with van der Waals surface area (Å²) < 4.78 is 5.69. The molecule has 2 rings (SSSR count). The minimum Gasteiger partial charge on any atom is -0.384 e. The van der Waals surface area contributed by atoms with Gasteiger partial charge in [-0.25, -0.2) is 0 Å². The molecule has 6 nitrogen and oxygen atoms in total. The molecule has 2 unspecified atom stereocenters. The molecule has 1 amide bonds. The fourth-order valence-electron chi connectivity index (χ4n) is 2.79. The monoisotopic (exact) mass is 293 g/mol. The van der Waals surface area contributed by atoms with Crippen LogP contribution in [0.2, 0.25) is 0 Å². The molecule has 0 spiro atoms. The first-order valence-corrected chi connectivity index (χ1v) is 6.92. The van der Waals surface area contributed by atoms with Gasteiger partial charge in [0.05, 0.1) is 28.7 Å². The van der Waals surface area contributed by atoms with E-state index in [1.807, 2.05) is 0 Å². The van der Waals surface area contributed by atoms with Crippen LogP contribution in [0.4, 0.5) is 0 Å². The molecule has 0 aromatic rings. The molecule has 0 aliphatic carbocycles. The summed E-state index contributed by atoms with van der Waals surface area (Å²) in [5.41, 5.74) is 5.85. The number of nitrogens with zero attached hydrogens (tertiary/aromatic N) is 2. The first-order valence-electron chi connectivity index (χ1n) is 6.92. The number of likely N-dealkylation sites (N-methyl/N-ethyl adjacent to an activating group) is 1. The number of hydrogen-bond acceptors (Lipinski definition) is 5. The van der Waals surface area contributed by atoms with E-state index in [-0.39, 0.29) is 12.5 Å². The summed E-state index contributed by atoms with van der Waals surface area (Å²) in [4.78, 5) is 17.9. The van der Waals surface area contributed by atoms with Crippen molar-refractivity contribution in [1.29, 1.82) is 0 Å². The molecule has 0 aromatic heterocycles. The zero-order valence-electron chi connectivity index (χ0n) is 13.0. The van der Waals surface area contributed by atoms with Crippen molar-refractivity contribution in [1.82, 2.24) is 4.90 Å². The third-order valence-electron chi connectivity index (χ3n) is 3.95. The number of ether oxygens (including phenoxy) is 1. The molecule has 21 heavy (non-hydrogen) atoms. The van der Waals surface area contributed by atoms with E-state index in [1.54, 1.807) is 38.8 Å². The maximum atomic E-state index is 12.0. The summed E-state index contributed by atoms with van der Waals surface area (Å²) in [6.45, 7) is 8.85. The van der Waals surface area contributed by atoms with Gasteiger partial charge in [0.2, 0.25) is 0 Å². The summed E-state index contributed by atoms with van der Waals surface area (Å²) in [6, 6.07) is 0. The van der Waals surface area contributed by atoms with E-state index in [0.717, 1.165) is 5.70 Å². The molecule has 116 valence electrons. The van der Waals surface area contributed by atoms with Gasteiger partial charge in [0.15, 0.2) is 0 Å². The van der Waals surface area contributed by atoms with Crippen molar-refractivity contribution in [3.05, 3.63) is 24.0 Å². The largest absolute Gasteiger partial charge is 0.384 e. The number of aliphatic hydroxyl groups is 1. The maximum absolute atomic E-state index is 12.0. The van der Waals surface area contributed by atoms with Crippen LogP contribution < -0.4 is 5.73 Å². The standard InChI is InChI=1S/C15H23N3O3/c1-9-6-10-7-11(21-8-12(19)18(10)5)15(4,16)13(17-9)14(2,3)20/h6,11,20H,1,7-8,16H2,2-5H3/b10-6+,17-13?. The number of carbonyl (C=O) groups excluding carboxylic acids is 1. The second kappa shape index (κ2) is 5.05. The van der Waals surface area contributed by atoms with Gasteiger partial charge in [-0.05, 0) is 26.8 Å². The van der Waals surface area contributed by atoms with E-state index in [0.29, 0.717) is 17.8 Å². The summed E-state index contributed by atoms with van der Waals surface area (Å²) in [5, 5.41) is 10.4. The summed E-state index contributed by atoms with van der Waals surface area (Å²) in [5.74, 6) is -0.140. The predicted octanol–water partition coefficient (Wildman–Crippen LogP) is 0.574. The van der Waals surface area contributed by atoms with E-state index < -0.39 is 17.2 Å². The smallest absolute Gasteiger partial charge is 0.252 e. The van der Waals surface area contributed by atoms with Crippen molar-refractivity contribution in [3.8, 4) is 0 Å². The van der Waals surface area contributed by atoms with E-state index in [2.05, 4.69) is 11.6 Å². The van der Waals surface area contributed by atoms with E-state index in [1.165, 1.54) is 0 Å². The lowest BCUT2D eigenvalue weighted by Gasteiger charge is -2.40. The first kappa shape index (κ1) is 15.9. The Bertz CT molecular complexity index is 541. The van der Waals surface area contributed by atoms with Crippen LogP contribution in [0, 0.1) is 0 Å². The molecule has 1 saturated heterocycles. The molecular weight excluding hydrogens is 270 g/mol. The highest BCUT2D eigenvalue weighted by atomic mass is 16.5. The van der Waals surface area contributed by atoms with Gasteiger partial charge < -0.3 is 20.5 Å². The fraction of sp³-hybridized carbons (Fsp3) is 0.600. The van der Waals surface area contributed by atoms with Gasteiger partial charge >= 0.3 is 0 Å². The molecule has 6 heteroatoms. The van der Waals surface area contributed by atoms with Crippen LogP contribution in [-0.2, 0) is 9.53 Å². The number of nitrogens with two attached hydrogens (primary N) is 1. The van der Waals surface area contributed by atoms with Crippen molar-refractivity contribution in [2.75, 3.05) is 13.7 Å². The molecule has 0 radical (unpaired) electrons. The van der Waals surface area contributed by atoms with E-state index >= 15 is 0 Å². The van der Waals surface area contributed by atoms with Gasteiger partial charge in [-0.1, -0.05) is 6.58 Å². The van der Waals surface area contributed by atoms with Gasteiger partial charge in [-0.15, -0.1) is 0 Å². The number of amides is 1. The van der Waals surface area contributed by atoms with Crippen molar-refractivity contribution in [2.45, 2.75) is 44.4 Å². The van der Waals surface area contributed by atoms with E-state index in [4.69, 9.17) is 10.5 Å². The molecule has 2 aliphatic heterocycles. The molecule has 1 fully saturated rings. The van der Waals surface area contributed by atoms with Gasteiger partial charge in [-0.3, -0.25) is 9.79 Å². The average molecular weight is 293 g/mol. The average Bonchev–Trinajstić information content (AvgIpc) is 2.47. The molecule has 3 N–H and O–H groups in total. The molecule has 2 atom stereocenters. The Morgan fingerprint density at radius 3 is 2.81 bits per heavy atom. The Morgan fingerprint density at radius 2 is 2.24 bits per heavy atom. The minimum atomic E-state index is -1.21. The normalized spacial score (nSPS) is 33.6. The number of carbonyl (C=O) groups is 1. The molecular formula is C15H23N3O3. The lowest BCUT2D eigenvalue weighted by atomic mass is 9.79. The van der Waals surface area contributed by atoms with Crippen molar-refractivity contribution in [3.63, 3.8) is 0 Å². The highest BCUT2D eigenvalue weighted by Gasteiger charge is 2.45. The van der Waals surface area contributed by atoms with Crippen molar-refractivity contribution >= 4 is 11.6 Å². The number of allylic oxidation sites excluding steroid dienone is 1. The number of hydrogen-bond donors (Lipinski definition) is 2. The first-order chi connectivity index (χ1) is 9.53. The van der Waals surface area contributed by atoms with Crippen LogP contribution in [0.25, 0.3) is 0 Å². The zero-order chi connectivity index (χ0) is 16.0. The third-order valence-corrected chi connectivity index (χ3v) is 3.95. The predicted molar refractivity (Wildman–Crippen MR) is 80.7 cm³/mol. The third kappa shape index (κ3) is 2.92. The molecule has 2 heterocycles. The zero-order valence-corrected chi connectivity index (χ0v) is 13.0. The van der Waals surface area contributed by atoms with Gasteiger partial charge in [0.1, 0.15) is 6.61 Å². The number of fused-ring (bicyclic) bond motifs is 2. The molecule has 2 bridgehead atoms. The Labute approximate surface area is 125 Å². The van der Waals surface area contributed by atoms with Gasteiger partial charge in [0.25, 0.3) is 5.91 Å². The Morgan fingerprint density at radius 1 is 1.62 bits per heavy atom. The minimum absolute atomic E-state index is 0.0447. The van der Waals surface area contributed by atoms with Crippen LogP contribution >= 0.6 is 0 Å². The Balaban J connectivity index is 2.58. The van der Waals surface area contributed by atoms with Crippen LogP contribution in [0.1, 0.15) is 27.2 Å². The number of aliphatic imine (C=N–C) groups is 1. The highest BCUT2D eigenvalue weighted by Crippen LogP contribution is 2.31. The van der Waals surface area contributed by atoms with Crippen molar-refractivity contribution < 1.29 is 14.6 Å². The van der Waals surface area contributed by atoms with E-state index in [9.17, 15) is 9.90 Å². The van der Waals surface area contributed by atoms with Gasteiger partial charge in [0, 0.05) is 19.2 Å². The highest BCUT2D eigenvalue weighted by molar-refractivity contribution is 6.01. The van der Waals surface area contributed by atoms with Crippen LogP contribution in [0.15, 0.2) is 29.0 Å².